The first kappa shape index (κ1) is 18.0. The molecule has 0 radical (unpaired) electrons. The van der Waals surface area contributed by atoms with Crippen molar-refractivity contribution in [3.8, 4) is 0 Å². The van der Waals surface area contributed by atoms with Crippen LogP contribution < -0.4 is 10.6 Å². The first-order valence-electron chi connectivity index (χ1n) is 8.65. The minimum Gasteiger partial charge on any atom is -0.482 e. The maximum absolute atomic E-state index is 13.1. The van der Waals surface area contributed by atoms with E-state index < -0.39 is 11.4 Å². The van der Waals surface area contributed by atoms with Crippen LogP contribution in [-0.4, -0.2) is 10.6 Å². The summed E-state index contributed by atoms with van der Waals surface area (Å²) in [6.07, 6.45) is 7.07. The minimum atomic E-state index is -0.528. The molecule has 0 saturated carbocycles. The third-order valence-electron chi connectivity index (χ3n) is 4.63. The highest BCUT2D eigenvalue weighted by atomic mass is 19.1. The van der Waals surface area contributed by atoms with E-state index in [2.05, 4.69) is 43.3 Å². The summed E-state index contributed by atoms with van der Waals surface area (Å²) >= 11 is 0. The molecular weight excluding hydrogens is 325 g/mol. The molecule has 2 heterocycles. The van der Waals surface area contributed by atoms with Crippen LogP contribution >= 0.6 is 0 Å². The van der Waals surface area contributed by atoms with E-state index in [4.69, 9.17) is 4.74 Å². The average molecular weight is 349 g/mol. The number of ether oxygens (including phenoxy) is 1. The Balaban J connectivity index is 2.24. The molecule has 1 aromatic heterocycles. The summed E-state index contributed by atoms with van der Waals surface area (Å²) in [4.78, 5) is 3.34. The predicted octanol–water partition coefficient (Wildman–Crippen LogP) is 4.72. The van der Waals surface area contributed by atoms with Crippen molar-refractivity contribution in [3.63, 3.8) is 0 Å². The van der Waals surface area contributed by atoms with Crippen molar-refractivity contribution >= 4 is 23.2 Å². The summed E-state index contributed by atoms with van der Waals surface area (Å²) in [7, 11) is 0. The van der Waals surface area contributed by atoms with Gasteiger partial charge in [0.2, 0.25) is 0 Å². The molecule has 1 aliphatic rings. The van der Waals surface area contributed by atoms with Gasteiger partial charge in [-0.25, -0.2) is 4.39 Å². The van der Waals surface area contributed by atoms with Crippen molar-refractivity contribution < 1.29 is 9.13 Å². The van der Waals surface area contributed by atoms with Crippen molar-refractivity contribution in [1.82, 2.24) is 4.98 Å². The van der Waals surface area contributed by atoms with Crippen molar-refractivity contribution in [2.75, 3.05) is 0 Å². The standard InChI is InChI=1S/C23H24FNO/c1-7-17(10-9-15(3)24)19-13-21(26-23(19,5)6)22-16(4)25-20-12-14(2)8-11-18(20)22/h7-13,25H,3-4H2,1-2,5-6H3/b10-9-,17-7+,22-21-. The predicted molar refractivity (Wildman–Crippen MR) is 108 cm³/mol. The number of rotatable bonds is 3. The lowest BCUT2D eigenvalue weighted by Gasteiger charge is -2.23. The van der Waals surface area contributed by atoms with Crippen LogP contribution in [0.15, 0.2) is 66.1 Å². The highest BCUT2D eigenvalue weighted by molar-refractivity contribution is 5.84. The Labute approximate surface area is 153 Å². The molecule has 0 unspecified atom stereocenters. The fourth-order valence-electron chi connectivity index (χ4n) is 3.39. The number of fused-ring (bicyclic) bond motifs is 1. The molecule has 1 N–H and O–H groups in total. The van der Waals surface area contributed by atoms with Gasteiger partial charge in [0.25, 0.3) is 0 Å². The van der Waals surface area contributed by atoms with Crippen molar-refractivity contribution in [1.29, 1.82) is 0 Å². The maximum atomic E-state index is 13.1. The van der Waals surface area contributed by atoms with Gasteiger partial charge in [-0.1, -0.05) is 37.4 Å². The number of aromatic amines is 1. The molecule has 134 valence electrons. The summed E-state index contributed by atoms with van der Waals surface area (Å²) in [5.74, 6) is 0.301. The molecule has 0 saturated heterocycles. The summed E-state index contributed by atoms with van der Waals surface area (Å²) in [5, 5.41) is 2.87. The quantitative estimate of drug-likeness (QED) is 0.797. The van der Waals surface area contributed by atoms with Crippen LogP contribution in [0.3, 0.4) is 0 Å². The van der Waals surface area contributed by atoms with Gasteiger partial charge < -0.3 is 9.72 Å². The van der Waals surface area contributed by atoms with E-state index in [0.29, 0.717) is 0 Å². The number of hydrogen-bond acceptors (Lipinski definition) is 1. The monoisotopic (exact) mass is 349 g/mol. The molecule has 2 aromatic rings. The van der Waals surface area contributed by atoms with Crippen LogP contribution in [-0.2, 0) is 4.74 Å². The normalized spacial score (nSPS) is 19.1. The fourth-order valence-corrected chi connectivity index (χ4v) is 3.39. The molecule has 1 aliphatic heterocycles. The van der Waals surface area contributed by atoms with Crippen LogP contribution in [0.4, 0.5) is 4.39 Å². The first-order chi connectivity index (χ1) is 12.2. The van der Waals surface area contributed by atoms with Gasteiger partial charge in [-0.15, -0.1) is 0 Å². The second-order valence-electron chi connectivity index (χ2n) is 7.09. The number of benzene rings is 1. The van der Waals surface area contributed by atoms with Crippen LogP contribution in [0.2, 0.25) is 0 Å². The number of allylic oxidation sites excluding steroid dienone is 4. The number of aromatic nitrogens is 1. The molecule has 0 amide bonds. The smallest absolute Gasteiger partial charge is 0.131 e. The molecular formula is C23H24FNO. The molecule has 2 nitrogen and oxygen atoms in total. The lowest BCUT2D eigenvalue weighted by atomic mass is 9.91. The largest absolute Gasteiger partial charge is 0.482 e. The van der Waals surface area contributed by atoms with Crippen molar-refractivity contribution in [3.05, 3.63) is 82.2 Å². The second-order valence-corrected chi connectivity index (χ2v) is 7.09. The van der Waals surface area contributed by atoms with Crippen LogP contribution in [0.1, 0.15) is 26.3 Å². The zero-order valence-corrected chi connectivity index (χ0v) is 15.7. The van der Waals surface area contributed by atoms with E-state index in [1.807, 2.05) is 32.9 Å². The lowest BCUT2D eigenvalue weighted by molar-refractivity contribution is 0.132. The average Bonchev–Trinajstić information content (AvgIpc) is 3.03. The van der Waals surface area contributed by atoms with Gasteiger partial charge >= 0.3 is 0 Å². The van der Waals surface area contributed by atoms with E-state index in [1.54, 1.807) is 6.08 Å². The van der Waals surface area contributed by atoms with Gasteiger partial charge in [0.1, 0.15) is 17.2 Å². The van der Waals surface area contributed by atoms with Gasteiger partial charge in [0.15, 0.2) is 0 Å². The Kier molecular flexibility index (Phi) is 4.49. The second kappa shape index (κ2) is 6.49. The van der Waals surface area contributed by atoms with E-state index in [9.17, 15) is 4.39 Å². The highest BCUT2D eigenvalue weighted by Crippen LogP contribution is 2.37. The number of aryl methyl sites for hydroxylation is 1. The molecule has 0 aliphatic carbocycles. The summed E-state index contributed by atoms with van der Waals surface area (Å²) in [5.41, 5.74) is 3.60. The first-order valence-corrected chi connectivity index (χ1v) is 8.65. The van der Waals surface area contributed by atoms with Gasteiger partial charge in [0.05, 0.1) is 0 Å². The maximum Gasteiger partial charge on any atom is 0.131 e. The Hall–Kier alpha value is -2.81. The van der Waals surface area contributed by atoms with Crippen LogP contribution in [0.5, 0.6) is 0 Å². The number of H-pyrrole nitrogens is 1. The molecule has 0 fully saturated rings. The zero-order valence-electron chi connectivity index (χ0n) is 15.7. The summed E-state index contributed by atoms with van der Waals surface area (Å²) < 4.78 is 19.3. The lowest BCUT2D eigenvalue weighted by Crippen LogP contribution is -2.27. The van der Waals surface area contributed by atoms with Gasteiger partial charge in [-0.2, -0.15) is 0 Å². The Morgan fingerprint density at radius 3 is 2.65 bits per heavy atom. The number of nitrogens with one attached hydrogen (secondary N) is 1. The van der Waals surface area contributed by atoms with E-state index >= 15 is 0 Å². The molecule has 0 atom stereocenters. The number of hydrogen-bond donors (Lipinski definition) is 1. The highest BCUT2D eigenvalue weighted by Gasteiger charge is 2.33. The minimum absolute atomic E-state index is 0.474. The summed E-state index contributed by atoms with van der Waals surface area (Å²) in [6.45, 7) is 15.4. The van der Waals surface area contributed by atoms with Gasteiger partial charge in [0, 0.05) is 27.0 Å². The fraction of sp³-hybridized carbons (Fsp3) is 0.217. The topological polar surface area (TPSA) is 25.0 Å². The molecule has 1 aromatic carbocycles. The SMILES string of the molecule is C=C(F)/C=C\C(=C/C)C1=C/C(=c2\c(=C)[nH]c3cc(C)ccc23)OC1(C)C. The Bertz CT molecular complexity index is 1090. The molecule has 3 heteroatoms. The third-order valence-corrected chi connectivity index (χ3v) is 4.63. The van der Waals surface area contributed by atoms with Crippen LogP contribution in [0, 0.1) is 6.92 Å². The van der Waals surface area contributed by atoms with E-state index in [-0.39, 0.29) is 0 Å². The van der Waals surface area contributed by atoms with Crippen molar-refractivity contribution in [2.45, 2.75) is 33.3 Å². The molecule has 26 heavy (non-hydrogen) atoms. The van der Waals surface area contributed by atoms with Crippen LogP contribution in [0.25, 0.3) is 23.2 Å². The third kappa shape index (κ3) is 3.17. The molecule has 0 spiro atoms. The number of halogens is 1. The van der Waals surface area contributed by atoms with Gasteiger partial charge in [-0.05, 0) is 57.0 Å². The molecule has 0 bridgehead atoms. The van der Waals surface area contributed by atoms with E-state index in [0.717, 1.165) is 38.4 Å². The zero-order chi connectivity index (χ0) is 19.1. The van der Waals surface area contributed by atoms with Crippen molar-refractivity contribution in [2.24, 2.45) is 0 Å². The summed E-state index contributed by atoms with van der Waals surface area (Å²) in [6, 6.07) is 6.27. The van der Waals surface area contributed by atoms with Gasteiger partial charge in [-0.3, -0.25) is 0 Å². The van der Waals surface area contributed by atoms with E-state index in [1.165, 1.54) is 11.6 Å². The Morgan fingerprint density at radius 1 is 1.27 bits per heavy atom. The Morgan fingerprint density at radius 2 is 2.00 bits per heavy atom. The molecule has 3 rings (SSSR count).